The summed E-state index contributed by atoms with van der Waals surface area (Å²) in [7, 11) is 9.37. The second kappa shape index (κ2) is 21.5. The number of methoxy groups -OCH3 is 1. The molecule has 3 heterocycles. The maximum Gasteiger partial charge on any atom is 0.312 e. The third kappa shape index (κ3) is 13.0. The smallest absolute Gasteiger partial charge is 0.312 e. The van der Waals surface area contributed by atoms with Gasteiger partial charge in [0.25, 0.3) is 0 Å². The van der Waals surface area contributed by atoms with Crippen LogP contribution in [0.25, 0.3) is 0 Å². The summed E-state index contributed by atoms with van der Waals surface area (Å²) in [5, 5.41) is 37.4. The van der Waals surface area contributed by atoms with Gasteiger partial charge in [-0.3, -0.25) is 19.3 Å². The number of nitrogens with one attached hydrogen (secondary N) is 1. The quantitative estimate of drug-likeness (QED) is 0.204. The molecule has 0 aromatic carbocycles. The van der Waals surface area contributed by atoms with E-state index >= 15 is 0 Å². The van der Waals surface area contributed by atoms with Gasteiger partial charge < -0.3 is 59.0 Å². The molecule has 4 N–H and O–H groups in total. The Bertz CT molecular complexity index is 1280. The lowest BCUT2D eigenvalue weighted by Crippen LogP contribution is -2.60. The Balaban J connectivity index is 2.04. The number of piperazine rings is 1. The van der Waals surface area contributed by atoms with Crippen LogP contribution in [0.4, 0.5) is 0 Å². The zero-order chi connectivity index (χ0) is 43.0. The van der Waals surface area contributed by atoms with E-state index in [1.54, 1.807) is 41.5 Å². The molecule has 3 aliphatic rings. The van der Waals surface area contributed by atoms with Crippen LogP contribution in [0.2, 0.25) is 0 Å². The van der Waals surface area contributed by atoms with Crippen LogP contribution in [0.5, 0.6) is 0 Å². The van der Waals surface area contributed by atoms with Crippen molar-refractivity contribution in [1.29, 1.82) is 0 Å². The molecule has 0 aliphatic carbocycles. The van der Waals surface area contributed by atoms with Crippen LogP contribution >= 0.6 is 0 Å². The number of carbonyl (C=O) groups is 3. The van der Waals surface area contributed by atoms with Gasteiger partial charge in [-0.15, -0.1) is 0 Å². The van der Waals surface area contributed by atoms with E-state index in [1.165, 1.54) is 14.0 Å². The van der Waals surface area contributed by atoms with Crippen molar-refractivity contribution >= 4 is 17.8 Å². The molecular formula is C41H77N5O11. The van der Waals surface area contributed by atoms with Crippen LogP contribution in [-0.4, -0.2) is 200 Å². The zero-order valence-corrected chi connectivity index (χ0v) is 37.1. The second-order valence-corrected chi connectivity index (χ2v) is 17.9. The minimum atomic E-state index is -1.95. The molecule has 0 aromatic heterocycles. The lowest BCUT2D eigenvalue weighted by molar-refractivity contribution is -0.301. The van der Waals surface area contributed by atoms with Gasteiger partial charge in [0.05, 0.1) is 36.2 Å². The summed E-state index contributed by atoms with van der Waals surface area (Å²) in [4.78, 5) is 50.5. The van der Waals surface area contributed by atoms with Crippen LogP contribution < -0.4 is 5.32 Å². The van der Waals surface area contributed by atoms with Gasteiger partial charge in [-0.1, -0.05) is 20.8 Å². The van der Waals surface area contributed by atoms with Gasteiger partial charge in [-0.25, -0.2) is 0 Å². The van der Waals surface area contributed by atoms with Gasteiger partial charge in [0.15, 0.2) is 6.29 Å². The molecule has 3 saturated heterocycles. The fraction of sp³-hybridized carbons (Fsp3) is 0.927. The summed E-state index contributed by atoms with van der Waals surface area (Å²) in [6, 6.07) is -1.21. The van der Waals surface area contributed by atoms with E-state index in [0.717, 1.165) is 39.3 Å². The van der Waals surface area contributed by atoms with E-state index in [2.05, 4.69) is 34.1 Å². The number of likely N-dealkylation sites (N-methyl/N-ethyl adjacent to an activating group) is 2. The molecule has 57 heavy (non-hydrogen) atoms. The third-order valence-corrected chi connectivity index (χ3v) is 12.6. The SMILES string of the molecule is CC[C@H]1OC(=O)[C@H](C)[C@@H](OC(=O)CCN2CCN(CCN(C)C)CC2)[C@H](C)[C@@H](O[C@@H]2O[C@H](C)C[C@H](N(C)C)[C@H]2O)[C@](C)(OC)C[C@@H](C)C(=O)N[C@H](C)[C@@H](O)[C@]1(C)O. The highest BCUT2D eigenvalue weighted by atomic mass is 16.7. The third-order valence-electron chi connectivity index (χ3n) is 12.6. The number of carbonyl (C=O) groups excluding carboxylic acids is 3. The van der Waals surface area contributed by atoms with Crippen molar-refractivity contribution in [1.82, 2.24) is 24.9 Å². The highest BCUT2D eigenvalue weighted by Gasteiger charge is 2.52. The number of hydrogen-bond donors (Lipinski definition) is 4. The standard InChI is InChI=1S/C41H77N5O11/c1-14-31-41(8,52)35(49)29(6)42-37(50)25(2)24-40(7,53-13)36(57-39-33(48)30(44(11)12)23-26(3)54-39)27(4)34(28(5)38(51)55-31)56-32(47)15-16-45-19-21-46(22-20-45)18-17-43(9)10/h25-31,33-36,39,48-49,52H,14-24H2,1-13H3,(H,42,50)/t25-,26-,27+,28-,29-,30+,31-,33-,34+,35-,36-,39+,40-,41-/m1/s1. The number of esters is 2. The van der Waals surface area contributed by atoms with Gasteiger partial charge in [0, 0.05) is 70.8 Å². The Labute approximate surface area is 341 Å². The first kappa shape index (κ1) is 49.4. The minimum Gasteiger partial charge on any atom is -0.461 e. The molecule has 0 aromatic rings. The lowest BCUT2D eigenvalue weighted by Gasteiger charge is -2.48. The Hall–Kier alpha value is -1.99. The molecular weight excluding hydrogens is 738 g/mol. The van der Waals surface area contributed by atoms with Gasteiger partial charge >= 0.3 is 11.9 Å². The number of hydrogen-bond acceptors (Lipinski definition) is 15. The molecule has 0 unspecified atom stereocenters. The Morgan fingerprint density at radius 1 is 0.982 bits per heavy atom. The van der Waals surface area contributed by atoms with Crippen molar-refractivity contribution in [3.05, 3.63) is 0 Å². The number of aliphatic hydroxyl groups is 3. The van der Waals surface area contributed by atoms with Gasteiger partial charge in [0.2, 0.25) is 5.91 Å². The number of ether oxygens (including phenoxy) is 5. The Morgan fingerprint density at radius 2 is 1.58 bits per heavy atom. The molecule has 0 bridgehead atoms. The maximum absolute atomic E-state index is 14.2. The Morgan fingerprint density at radius 3 is 2.12 bits per heavy atom. The highest BCUT2D eigenvalue weighted by Crippen LogP contribution is 2.39. The molecule has 1 amide bonds. The molecule has 16 nitrogen and oxygen atoms in total. The van der Waals surface area contributed by atoms with Crippen molar-refractivity contribution in [3.8, 4) is 0 Å². The maximum atomic E-state index is 14.2. The van der Waals surface area contributed by atoms with Crippen molar-refractivity contribution < 1.29 is 53.4 Å². The molecule has 14 atom stereocenters. The number of amides is 1. The minimum absolute atomic E-state index is 0.0792. The van der Waals surface area contributed by atoms with Crippen molar-refractivity contribution in [2.24, 2.45) is 17.8 Å². The van der Waals surface area contributed by atoms with E-state index in [4.69, 9.17) is 23.7 Å². The zero-order valence-electron chi connectivity index (χ0n) is 37.1. The first-order valence-corrected chi connectivity index (χ1v) is 21.0. The molecule has 3 fully saturated rings. The van der Waals surface area contributed by atoms with Crippen LogP contribution in [0, 0.1) is 17.8 Å². The van der Waals surface area contributed by atoms with E-state index in [9.17, 15) is 29.7 Å². The molecule has 16 heteroatoms. The summed E-state index contributed by atoms with van der Waals surface area (Å²) in [6.07, 6.45) is -6.40. The topological polar surface area (TPSA) is 183 Å². The normalized spacial score (nSPS) is 40.0. The largest absolute Gasteiger partial charge is 0.461 e. The van der Waals surface area contributed by atoms with Crippen LogP contribution in [0.1, 0.15) is 81.1 Å². The summed E-state index contributed by atoms with van der Waals surface area (Å²) in [6.45, 7) is 19.3. The van der Waals surface area contributed by atoms with Crippen LogP contribution in [0.15, 0.2) is 0 Å². The first-order chi connectivity index (χ1) is 26.6. The average molecular weight is 816 g/mol. The highest BCUT2D eigenvalue weighted by molar-refractivity contribution is 5.79. The van der Waals surface area contributed by atoms with Crippen LogP contribution in [-0.2, 0) is 38.1 Å². The molecule has 0 saturated carbocycles. The van der Waals surface area contributed by atoms with Gasteiger partial charge in [-0.2, -0.15) is 0 Å². The van der Waals surface area contributed by atoms with E-state index in [1.807, 2.05) is 25.9 Å². The van der Waals surface area contributed by atoms with Crippen LogP contribution in [0.3, 0.4) is 0 Å². The van der Waals surface area contributed by atoms with E-state index < -0.39 is 89.7 Å². The first-order valence-electron chi connectivity index (χ1n) is 21.0. The fourth-order valence-corrected chi connectivity index (χ4v) is 8.65. The molecule has 3 rings (SSSR count). The number of nitrogens with zero attached hydrogens (tertiary/aromatic N) is 4. The summed E-state index contributed by atoms with van der Waals surface area (Å²) < 4.78 is 31.5. The summed E-state index contributed by atoms with van der Waals surface area (Å²) in [5.74, 6) is -4.24. The van der Waals surface area contributed by atoms with Crippen molar-refractivity contribution in [3.63, 3.8) is 0 Å². The summed E-state index contributed by atoms with van der Waals surface area (Å²) in [5.41, 5.74) is -3.22. The number of rotatable bonds is 12. The molecule has 332 valence electrons. The van der Waals surface area contributed by atoms with Gasteiger partial charge in [-0.05, 0) is 82.1 Å². The predicted octanol–water partition coefficient (Wildman–Crippen LogP) is 0.934. The summed E-state index contributed by atoms with van der Waals surface area (Å²) >= 11 is 0. The van der Waals surface area contributed by atoms with E-state index in [0.29, 0.717) is 13.0 Å². The predicted molar refractivity (Wildman–Crippen MR) is 215 cm³/mol. The Kier molecular flexibility index (Phi) is 18.6. The molecule has 0 spiro atoms. The fourth-order valence-electron chi connectivity index (χ4n) is 8.65. The molecule has 3 aliphatic heterocycles. The van der Waals surface area contributed by atoms with E-state index in [-0.39, 0.29) is 31.4 Å². The molecule has 0 radical (unpaired) electrons. The number of aliphatic hydroxyl groups excluding tert-OH is 2. The van der Waals surface area contributed by atoms with Gasteiger partial charge in [0.1, 0.15) is 30.0 Å². The average Bonchev–Trinajstić information content (AvgIpc) is 3.16. The number of cyclic esters (lactones) is 1. The van der Waals surface area contributed by atoms with Crippen molar-refractivity contribution in [2.45, 2.75) is 147 Å². The second-order valence-electron chi connectivity index (χ2n) is 17.9. The lowest BCUT2D eigenvalue weighted by atomic mass is 9.77. The van der Waals surface area contributed by atoms with Crippen molar-refractivity contribution in [2.75, 3.05) is 81.1 Å². The monoisotopic (exact) mass is 816 g/mol.